The highest BCUT2D eigenvalue weighted by Crippen LogP contribution is 2.29. The van der Waals surface area contributed by atoms with Gasteiger partial charge in [0, 0.05) is 38.4 Å². The molecule has 2 aromatic rings. The molecule has 0 unspecified atom stereocenters. The van der Waals surface area contributed by atoms with Crippen molar-refractivity contribution < 1.29 is 9.47 Å². The molecule has 140 valence electrons. The van der Waals surface area contributed by atoms with E-state index in [0.29, 0.717) is 17.5 Å². The molecule has 0 radical (unpaired) electrons. The number of guanidine groups is 1. The number of nitrogens with one attached hydrogen (secondary N) is 2. The summed E-state index contributed by atoms with van der Waals surface area (Å²) in [5.41, 5.74) is 2.19. The molecule has 0 aliphatic carbocycles. The largest absolute Gasteiger partial charge is 0.493 e. The van der Waals surface area contributed by atoms with E-state index in [1.807, 2.05) is 24.3 Å². The van der Waals surface area contributed by atoms with Gasteiger partial charge in [0.1, 0.15) is 0 Å². The van der Waals surface area contributed by atoms with E-state index in [4.69, 9.17) is 9.47 Å². The van der Waals surface area contributed by atoms with E-state index in [-0.39, 0.29) is 0 Å². The fourth-order valence-electron chi connectivity index (χ4n) is 2.57. The summed E-state index contributed by atoms with van der Waals surface area (Å²) in [5.74, 6) is 2.09. The number of anilines is 1. The topological polar surface area (TPSA) is 58.1 Å². The van der Waals surface area contributed by atoms with Gasteiger partial charge in [-0.25, -0.2) is 0 Å². The van der Waals surface area contributed by atoms with Gasteiger partial charge in [0.2, 0.25) is 0 Å². The van der Waals surface area contributed by atoms with E-state index < -0.39 is 0 Å². The molecule has 2 rings (SSSR count). The van der Waals surface area contributed by atoms with Crippen LogP contribution in [0.5, 0.6) is 11.5 Å². The molecule has 0 spiro atoms. The smallest absolute Gasteiger partial charge is 0.195 e. The maximum atomic E-state index is 5.33. The van der Waals surface area contributed by atoms with Gasteiger partial charge >= 0.3 is 0 Å². The molecule has 0 aromatic heterocycles. The van der Waals surface area contributed by atoms with Crippen molar-refractivity contribution in [2.24, 2.45) is 4.99 Å². The van der Waals surface area contributed by atoms with Crippen LogP contribution < -0.4 is 20.1 Å². The van der Waals surface area contributed by atoms with Crippen molar-refractivity contribution in [2.45, 2.75) is 6.54 Å². The van der Waals surface area contributed by atoms with Crippen LogP contribution in [0.15, 0.2) is 53.5 Å². The molecule has 0 amide bonds. The molecule has 0 bridgehead atoms. The summed E-state index contributed by atoms with van der Waals surface area (Å²) in [7, 11) is 7.11. The van der Waals surface area contributed by atoms with Gasteiger partial charge in [-0.1, -0.05) is 30.3 Å². The Morgan fingerprint density at radius 1 is 1.04 bits per heavy atom. The maximum Gasteiger partial charge on any atom is 0.195 e. The van der Waals surface area contributed by atoms with Gasteiger partial charge in [0.15, 0.2) is 17.5 Å². The lowest BCUT2D eigenvalue weighted by molar-refractivity contribution is 0.331. The number of aliphatic imine (C=N–C) groups is 1. The van der Waals surface area contributed by atoms with Crippen LogP contribution in [-0.2, 0) is 6.54 Å². The molecule has 6 heteroatoms. The van der Waals surface area contributed by atoms with Crippen molar-refractivity contribution in [2.75, 3.05) is 46.7 Å². The van der Waals surface area contributed by atoms with Crippen molar-refractivity contribution in [3.63, 3.8) is 0 Å². The minimum absolute atomic E-state index is 0.676. The molecule has 26 heavy (non-hydrogen) atoms. The second-order valence-electron chi connectivity index (χ2n) is 5.92. The number of nitrogens with zero attached hydrogens (tertiary/aromatic N) is 2. The van der Waals surface area contributed by atoms with E-state index in [0.717, 1.165) is 25.3 Å². The summed E-state index contributed by atoms with van der Waals surface area (Å²) in [5, 5.41) is 6.59. The van der Waals surface area contributed by atoms with Crippen molar-refractivity contribution in [3.8, 4) is 11.5 Å². The van der Waals surface area contributed by atoms with Crippen LogP contribution in [-0.4, -0.2) is 52.3 Å². The van der Waals surface area contributed by atoms with Gasteiger partial charge in [-0.05, 0) is 24.7 Å². The normalized spacial score (nSPS) is 11.3. The SMILES string of the molecule is CN=C(NCCN(C)Cc1ccccc1)Nc1ccc(OC)c(OC)c1. The third-order valence-corrected chi connectivity index (χ3v) is 3.95. The summed E-state index contributed by atoms with van der Waals surface area (Å²) < 4.78 is 10.6. The lowest BCUT2D eigenvalue weighted by Gasteiger charge is -2.18. The van der Waals surface area contributed by atoms with Gasteiger partial charge in [0.25, 0.3) is 0 Å². The van der Waals surface area contributed by atoms with Gasteiger partial charge in [-0.15, -0.1) is 0 Å². The summed E-state index contributed by atoms with van der Waals surface area (Å²) in [4.78, 5) is 6.54. The first-order valence-corrected chi connectivity index (χ1v) is 8.58. The molecule has 0 aliphatic heterocycles. The highest BCUT2D eigenvalue weighted by Gasteiger charge is 2.06. The summed E-state index contributed by atoms with van der Waals surface area (Å²) >= 11 is 0. The third-order valence-electron chi connectivity index (χ3n) is 3.95. The summed E-state index contributed by atoms with van der Waals surface area (Å²) in [6, 6.07) is 16.1. The first-order valence-electron chi connectivity index (χ1n) is 8.58. The second kappa shape index (κ2) is 10.3. The Morgan fingerprint density at radius 2 is 1.77 bits per heavy atom. The first-order chi connectivity index (χ1) is 12.7. The summed E-state index contributed by atoms with van der Waals surface area (Å²) in [6.45, 7) is 2.61. The van der Waals surface area contributed by atoms with Gasteiger partial charge < -0.3 is 25.0 Å². The average molecular weight is 356 g/mol. The molecule has 0 saturated heterocycles. The van der Waals surface area contributed by atoms with Gasteiger partial charge in [0.05, 0.1) is 14.2 Å². The zero-order chi connectivity index (χ0) is 18.8. The maximum absolute atomic E-state index is 5.33. The Labute approximate surface area is 155 Å². The van der Waals surface area contributed by atoms with Crippen LogP contribution in [0.1, 0.15) is 5.56 Å². The Balaban J connectivity index is 1.82. The van der Waals surface area contributed by atoms with Crippen LogP contribution in [0, 0.1) is 0 Å². The minimum Gasteiger partial charge on any atom is -0.493 e. The Bertz CT molecular complexity index is 704. The van der Waals surface area contributed by atoms with Crippen molar-refractivity contribution in [1.82, 2.24) is 10.2 Å². The molecular weight excluding hydrogens is 328 g/mol. The van der Waals surface area contributed by atoms with Crippen LogP contribution in [0.2, 0.25) is 0 Å². The van der Waals surface area contributed by atoms with E-state index in [2.05, 4.69) is 51.8 Å². The number of methoxy groups -OCH3 is 2. The van der Waals surface area contributed by atoms with E-state index in [1.165, 1.54) is 5.56 Å². The fourth-order valence-corrected chi connectivity index (χ4v) is 2.57. The second-order valence-corrected chi connectivity index (χ2v) is 5.92. The fraction of sp³-hybridized carbons (Fsp3) is 0.350. The number of benzene rings is 2. The van der Waals surface area contributed by atoms with Crippen LogP contribution in [0.3, 0.4) is 0 Å². The molecule has 0 saturated carbocycles. The van der Waals surface area contributed by atoms with Crippen LogP contribution in [0.4, 0.5) is 5.69 Å². The van der Waals surface area contributed by atoms with E-state index >= 15 is 0 Å². The minimum atomic E-state index is 0.676. The number of rotatable bonds is 8. The number of ether oxygens (including phenoxy) is 2. The molecule has 0 aliphatic rings. The number of hydrogen-bond donors (Lipinski definition) is 2. The Morgan fingerprint density at radius 3 is 2.42 bits per heavy atom. The van der Waals surface area contributed by atoms with Crippen molar-refractivity contribution >= 4 is 11.6 Å². The zero-order valence-electron chi connectivity index (χ0n) is 16.0. The highest BCUT2D eigenvalue weighted by atomic mass is 16.5. The van der Waals surface area contributed by atoms with Gasteiger partial charge in [-0.2, -0.15) is 0 Å². The molecule has 2 aromatic carbocycles. The van der Waals surface area contributed by atoms with Crippen LogP contribution in [0.25, 0.3) is 0 Å². The standard InChI is InChI=1S/C20H28N4O2/c1-21-20(23-17-10-11-18(25-3)19(14-17)26-4)22-12-13-24(2)15-16-8-6-5-7-9-16/h5-11,14H,12-13,15H2,1-4H3,(H2,21,22,23). The lowest BCUT2D eigenvalue weighted by atomic mass is 10.2. The molecule has 2 N–H and O–H groups in total. The van der Waals surface area contributed by atoms with E-state index in [1.54, 1.807) is 21.3 Å². The third kappa shape index (κ3) is 5.97. The predicted molar refractivity (Wildman–Crippen MR) is 107 cm³/mol. The Hall–Kier alpha value is -2.73. The molecule has 0 atom stereocenters. The predicted octanol–water partition coefficient (Wildman–Crippen LogP) is 2.82. The lowest BCUT2D eigenvalue weighted by Crippen LogP contribution is -2.36. The average Bonchev–Trinajstić information content (AvgIpc) is 2.67. The summed E-state index contributed by atoms with van der Waals surface area (Å²) in [6.07, 6.45) is 0. The quantitative estimate of drug-likeness (QED) is 0.563. The van der Waals surface area contributed by atoms with E-state index in [9.17, 15) is 0 Å². The molecule has 0 heterocycles. The van der Waals surface area contributed by atoms with Crippen molar-refractivity contribution in [1.29, 1.82) is 0 Å². The van der Waals surface area contributed by atoms with Crippen LogP contribution >= 0.6 is 0 Å². The monoisotopic (exact) mass is 356 g/mol. The highest BCUT2D eigenvalue weighted by molar-refractivity contribution is 5.93. The molecule has 6 nitrogen and oxygen atoms in total. The number of likely N-dealkylation sites (N-methyl/N-ethyl adjacent to an activating group) is 1. The van der Waals surface area contributed by atoms with Gasteiger partial charge in [-0.3, -0.25) is 4.99 Å². The molecular formula is C20H28N4O2. The zero-order valence-corrected chi connectivity index (χ0v) is 16.0. The Kier molecular flexibility index (Phi) is 7.76. The first kappa shape index (κ1) is 19.6. The molecule has 0 fully saturated rings. The number of hydrogen-bond acceptors (Lipinski definition) is 4. The van der Waals surface area contributed by atoms with Crippen molar-refractivity contribution in [3.05, 3.63) is 54.1 Å².